The molecule has 17 heavy (non-hydrogen) atoms. The highest BCUT2D eigenvalue weighted by atomic mass is 79.9. The first-order valence-corrected chi connectivity index (χ1v) is 6.63. The van der Waals surface area contributed by atoms with Crippen molar-refractivity contribution in [2.24, 2.45) is 5.73 Å². The molecule has 0 amide bonds. The van der Waals surface area contributed by atoms with Gasteiger partial charge in [-0.05, 0) is 39.7 Å². The quantitative estimate of drug-likeness (QED) is 0.858. The summed E-state index contributed by atoms with van der Waals surface area (Å²) in [6.07, 6.45) is 0. The summed E-state index contributed by atoms with van der Waals surface area (Å²) in [5, 5.41) is 0. The maximum absolute atomic E-state index is 13.1. The second kappa shape index (κ2) is 5.02. The summed E-state index contributed by atoms with van der Waals surface area (Å²) in [5.41, 5.74) is 6.47. The third-order valence-electron chi connectivity index (χ3n) is 2.27. The van der Waals surface area contributed by atoms with E-state index in [-0.39, 0.29) is 0 Å². The SMILES string of the molecule is NC(c1ccc(F)c(F)c1)c1cc(Br)c(Cl)s1. The van der Waals surface area contributed by atoms with Crippen molar-refractivity contribution in [2.45, 2.75) is 6.04 Å². The number of nitrogens with two attached hydrogens (primary N) is 1. The summed E-state index contributed by atoms with van der Waals surface area (Å²) < 4.78 is 27.2. The van der Waals surface area contributed by atoms with Crippen molar-refractivity contribution >= 4 is 38.9 Å². The Balaban J connectivity index is 2.36. The maximum atomic E-state index is 13.1. The molecule has 0 saturated heterocycles. The van der Waals surface area contributed by atoms with E-state index < -0.39 is 17.7 Å². The molecule has 0 aliphatic heterocycles. The van der Waals surface area contributed by atoms with Crippen LogP contribution in [0.5, 0.6) is 0 Å². The molecule has 2 aromatic rings. The lowest BCUT2D eigenvalue weighted by molar-refractivity contribution is 0.506. The molecule has 6 heteroatoms. The van der Waals surface area contributed by atoms with Gasteiger partial charge in [-0.25, -0.2) is 8.78 Å². The van der Waals surface area contributed by atoms with Gasteiger partial charge >= 0.3 is 0 Å². The second-order valence-corrected chi connectivity index (χ2v) is 5.96. The molecular weight excluding hydrogens is 332 g/mol. The molecule has 0 radical (unpaired) electrons. The number of benzene rings is 1. The Morgan fingerprint density at radius 3 is 2.47 bits per heavy atom. The van der Waals surface area contributed by atoms with E-state index in [0.717, 1.165) is 21.5 Å². The monoisotopic (exact) mass is 337 g/mol. The van der Waals surface area contributed by atoms with Crippen LogP contribution in [0.1, 0.15) is 16.5 Å². The van der Waals surface area contributed by atoms with Gasteiger partial charge in [0.15, 0.2) is 11.6 Å². The summed E-state index contributed by atoms with van der Waals surface area (Å²) in [7, 11) is 0. The van der Waals surface area contributed by atoms with Crippen LogP contribution in [-0.4, -0.2) is 0 Å². The molecule has 1 unspecified atom stereocenters. The molecule has 1 aromatic heterocycles. The van der Waals surface area contributed by atoms with E-state index in [1.165, 1.54) is 17.4 Å². The molecule has 0 fully saturated rings. The fourth-order valence-corrected chi connectivity index (χ4v) is 3.15. The first-order valence-electron chi connectivity index (χ1n) is 4.64. The lowest BCUT2D eigenvalue weighted by Crippen LogP contribution is -2.10. The predicted molar refractivity (Wildman–Crippen MR) is 69.4 cm³/mol. The topological polar surface area (TPSA) is 26.0 Å². The number of halogens is 4. The highest BCUT2D eigenvalue weighted by Crippen LogP contribution is 2.36. The smallest absolute Gasteiger partial charge is 0.159 e. The zero-order chi connectivity index (χ0) is 12.6. The zero-order valence-electron chi connectivity index (χ0n) is 8.38. The standard InChI is InChI=1S/C11H7BrClF2NS/c12-6-4-9(17-11(6)13)10(16)5-1-2-7(14)8(15)3-5/h1-4,10H,16H2. The van der Waals surface area contributed by atoms with Gasteiger partial charge in [0.1, 0.15) is 4.34 Å². The van der Waals surface area contributed by atoms with Gasteiger partial charge in [0.05, 0.1) is 6.04 Å². The molecule has 1 atom stereocenters. The van der Waals surface area contributed by atoms with Crippen LogP contribution in [0.4, 0.5) is 8.78 Å². The van der Waals surface area contributed by atoms with E-state index >= 15 is 0 Å². The van der Waals surface area contributed by atoms with Gasteiger partial charge < -0.3 is 5.73 Å². The van der Waals surface area contributed by atoms with Gasteiger partial charge in [0, 0.05) is 9.35 Å². The van der Waals surface area contributed by atoms with E-state index in [4.69, 9.17) is 17.3 Å². The molecule has 0 aliphatic rings. The summed E-state index contributed by atoms with van der Waals surface area (Å²) in [4.78, 5) is 0.785. The molecule has 1 nitrogen and oxygen atoms in total. The first-order chi connectivity index (χ1) is 7.99. The fourth-order valence-electron chi connectivity index (χ4n) is 1.39. The minimum absolute atomic E-state index is 0.509. The molecule has 1 heterocycles. The van der Waals surface area contributed by atoms with Crippen LogP contribution in [-0.2, 0) is 0 Å². The van der Waals surface area contributed by atoms with Crippen LogP contribution in [0, 0.1) is 11.6 Å². The average Bonchev–Trinajstić information content (AvgIpc) is 2.62. The van der Waals surface area contributed by atoms with Crippen LogP contribution < -0.4 is 5.73 Å². The van der Waals surface area contributed by atoms with Gasteiger partial charge in [-0.15, -0.1) is 11.3 Å². The molecule has 0 aliphatic carbocycles. The van der Waals surface area contributed by atoms with E-state index in [9.17, 15) is 8.78 Å². The second-order valence-electron chi connectivity index (χ2n) is 3.42. The number of hydrogen-bond donors (Lipinski definition) is 1. The molecule has 2 N–H and O–H groups in total. The van der Waals surface area contributed by atoms with Crippen molar-refractivity contribution in [3.63, 3.8) is 0 Å². The lowest BCUT2D eigenvalue weighted by Gasteiger charge is -2.09. The van der Waals surface area contributed by atoms with E-state index in [2.05, 4.69) is 15.9 Å². The Kier molecular flexibility index (Phi) is 3.82. The van der Waals surface area contributed by atoms with Gasteiger partial charge in [-0.3, -0.25) is 0 Å². The van der Waals surface area contributed by atoms with Crippen molar-refractivity contribution in [3.8, 4) is 0 Å². The normalized spacial score (nSPS) is 12.8. The highest BCUT2D eigenvalue weighted by molar-refractivity contribution is 9.10. The lowest BCUT2D eigenvalue weighted by atomic mass is 10.1. The maximum Gasteiger partial charge on any atom is 0.159 e. The highest BCUT2D eigenvalue weighted by Gasteiger charge is 2.15. The molecular formula is C11H7BrClF2NS. The number of thiophene rings is 1. The molecule has 0 bridgehead atoms. The predicted octanol–water partition coefficient (Wildman–Crippen LogP) is 4.49. The van der Waals surface area contributed by atoms with E-state index in [1.807, 2.05) is 0 Å². The van der Waals surface area contributed by atoms with Crippen LogP contribution in [0.25, 0.3) is 0 Å². The minimum atomic E-state index is -0.903. The van der Waals surface area contributed by atoms with Crippen LogP contribution in [0.3, 0.4) is 0 Å². The van der Waals surface area contributed by atoms with Gasteiger partial charge in [-0.2, -0.15) is 0 Å². The molecule has 90 valence electrons. The number of hydrogen-bond acceptors (Lipinski definition) is 2. The van der Waals surface area contributed by atoms with Crippen molar-refractivity contribution < 1.29 is 8.78 Å². The molecule has 2 rings (SSSR count). The fraction of sp³-hybridized carbons (Fsp3) is 0.0909. The summed E-state index contributed by atoms with van der Waals surface area (Å²) in [6, 6.07) is 4.89. The third kappa shape index (κ3) is 2.68. The first kappa shape index (κ1) is 13.0. The largest absolute Gasteiger partial charge is 0.320 e. The third-order valence-corrected chi connectivity index (χ3v) is 4.83. The van der Waals surface area contributed by atoms with Crippen LogP contribution in [0.15, 0.2) is 28.7 Å². The molecule has 0 saturated carbocycles. The number of rotatable bonds is 2. The van der Waals surface area contributed by atoms with Gasteiger partial charge in [0.25, 0.3) is 0 Å². The Morgan fingerprint density at radius 2 is 1.94 bits per heavy atom. The van der Waals surface area contributed by atoms with Gasteiger partial charge in [0.2, 0.25) is 0 Å². The Bertz CT molecular complexity index is 539. The summed E-state index contributed by atoms with van der Waals surface area (Å²) in [5.74, 6) is -1.79. The van der Waals surface area contributed by atoms with Crippen LogP contribution >= 0.6 is 38.9 Å². The van der Waals surface area contributed by atoms with Crippen molar-refractivity contribution in [2.75, 3.05) is 0 Å². The summed E-state index contributed by atoms with van der Waals surface area (Å²) >= 11 is 10.5. The van der Waals surface area contributed by atoms with E-state index in [1.54, 1.807) is 6.07 Å². The van der Waals surface area contributed by atoms with Gasteiger partial charge in [-0.1, -0.05) is 17.7 Å². The Labute approximate surface area is 114 Å². The molecule has 1 aromatic carbocycles. The van der Waals surface area contributed by atoms with Crippen LogP contribution in [0.2, 0.25) is 4.34 Å². The van der Waals surface area contributed by atoms with Crippen molar-refractivity contribution in [1.82, 2.24) is 0 Å². The average molecular weight is 339 g/mol. The Hall–Kier alpha value is -0.490. The molecule has 0 spiro atoms. The van der Waals surface area contributed by atoms with Crippen molar-refractivity contribution in [1.29, 1.82) is 0 Å². The minimum Gasteiger partial charge on any atom is -0.320 e. The Morgan fingerprint density at radius 1 is 1.24 bits per heavy atom. The summed E-state index contributed by atoms with van der Waals surface area (Å²) in [6.45, 7) is 0. The zero-order valence-corrected chi connectivity index (χ0v) is 11.5. The van der Waals surface area contributed by atoms with Crippen molar-refractivity contribution in [3.05, 3.63) is 55.1 Å². The van der Waals surface area contributed by atoms with E-state index in [0.29, 0.717) is 9.90 Å².